The van der Waals surface area contributed by atoms with Gasteiger partial charge in [0.1, 0.15) is 5.75 Å². The van der Waals surface area contributed by atoms with Crippen molar-refractivity contribution in [2.45, 2.75) is 4.90 Å². The van der Waals surface area contributed by atoms with E-state index in [2.05, 4.69) is 0 Å². The van der Waals surface area contributed by atoms with Crippen molar-refractivity contribution in [1.82, 2.24) is 0 Å². The lowest BCUT2D eigenvalue weighted by Crippen LogP contribution is -1.99. The lowest BCUT2D eigenvalue weighted by atomic mass is 10.2. The molecule has 3 N–H and O–H groups in total. The van der Waals surface area contributed by atoms with E-state index in [0.29, 0.717) is 0 Å². The van der Waals surface area contributed by atoms with Crippen molar-refractivity contribution in [3.63, 3.8) is 0 Å². The van der Waals surface area contributed by atoms with Gasteiger partial charge in [0.25, 0.3) is 0 Å². The largest absolute Gasteiger partial charge is 0.506 e. The topological polar surface area (TPSA) is 96.2 Å². The van der Waals surface area contributed by atoms with Gasteiger partial charge in [-0.2, -0.15) is 0 Å². The zero-order valence-corrected chi connectivity index (χ0v) is 10.1. The molecule has 0 aliphatic rings. The van der Waals surface area contributed by atoms with Crippen LogP contribution in [0.2, 0.25) is 0 Å². The van der Waals surface area contributed by atoms with E-state index in [4.69, 9.17) is 14.6 Å². The van der Waals surface area contributed by atoms with Crippen LogP contribution in [0.3, 0.4) is 0 Å². The summed E-state index contributed by atoms with van der Waals surface area (Å²) in [6, 6.07) is 1.20. The summed E-state index contributed by atoms with van der Waals surface area (Å²) in [5, 5.41) is 28.0. The highest BCUT2D eigenvalue weighted by atomic mass is 32.2. The van der Waals surface area contributed by atoms with Crippen molar-refractivity contribution < 1.29 is 29.6 Å². The van der Waals surface area contributed by atoms with Gasteiger partial charge >= 0.3 is 5.97 Å². The number of hydrogen-bond acceptors (Lipinski definition) is 6. The summed E-state index contributed by atoms with van der Waals surface area (Å²) in [6.45, 7) is 0. The predicted octanol–water partition coefficient (Wildman–Crippen LogP) is 1.29. The molecule has 17 heavy (non-hydrogen) atoms. The highest BCUT2D eigenvalue weighted by Gasteiger charge is 2.20. The summed E-state index contributed by atoms with van der Waals surface area (Å²) < 4.78 is 9.76. The quantitative estimate of drug-likeness (QED) is 0.542. The van der Waals surface area contributed by atoms with Crippen LogP contribution in [0.15, 0.2) is 11.0 Å². The maximum atomic E-state index is 10.5. The Hall–Kier alpha value is -1.76. The van der Waals surface area contributed by atoms with Crippen LogP contribution in [0.5, 0.6) is 23.0 Å². The summed E-state index contributed by atoms with van der Waals surface area (Å²) in [5.41, 5.74) is 0. The maximum Gasteiger partial charge on any atom is 0.313 e. The highest BCUT2D eigenvalue weighted by molar-refractivity contribution is 8.00. The Kier molecular flexibility index (Phi) is 4.33. The van der Waals surface area contributed by atoms with Gasteiger partial charge in [-0.15, -0.1) is 11.8 Å². The van der Waals surface area contributed by atoms with E-state index in [9.17, 15) is 15.0 Å². The minimum Gasteiger partial charge on any atom is -0.506 e. The highest BCUT2D eigenvalue weighted by Crippen LogP contribution is 2.48. The Balaban J connectivity index is 3.19. The molecule has 0 aromatic heterocycles. The fraction of sp³-hybridized carbons (Fsp3) is 0.300. The third kappa shape index (κ3) is 2.88. The average Bonchev–Trinajstić information content (AvgIpc) is 2.29. The van der Waals surface area contributed by atoms with Crippen LogP contribution in [-0.4, -0.2) is 41.3 Å². The van der Waals surface area contributed by atoms with Crippen LogP contribution in [0, 0.1) is 0 Å². The van der Waals surface area contributed by atoms with Crippen LogP contribution < -0.4 is 9.47 Å². The van der Waals surface area contributed by atoms with Gasteiger partial charge < -0.3 is 24.8 Å². The fourth-order valence-electron chi connectivity index (χ4n) is 1.21. The number of thioether (sulfide) groups is 1. The molecule has 0 bridgehead atoms. The van der Waals surface area contributed by atoms with Crippen molar-refractivity contribution in [3.05, 3.63) is 6.07 Å². The first kappa shape index (κ1) is 13.3. The molecule has 0 atom stereocenters. The molecule has 0 saturated carbocycles. The Bertz CT molecular complexity index is 431. The van der Waals surface area contributed by atoms with Crippen molar-refractivity contribution in [1.29, 1.82) is 0 Å². The smallest absolute Gasteiger partial charge is 0.313 e. The number of methoxy groups -OCH3 is 2. The second-order valence-electron chi connectivity index (χ2n) is 2.99. The summed E-state index contributed by atoms with van der Waals surface area (Å²) in [5.74, 6) is -1.72. The van der Waals surface area contributed by atoms with Crippen LogP contribution in [0.25, 0.3) is 0 Å². The first-order chi connectivity index (χ1) is 8.01. The van der Waals surface area contributed by atoms with Gasteiger partial charge in [-0.05, 0) is 0 Å². The Morgan fingerprint density at radius 1 is 1.35 bits per heavy atom. The third-order valence-corrected chi connectivity index (χ3v) is 2.99. The van der Waals surface area contributed by atoms with Gasteiger partial charge in [-0.3, -0.25) is 4.79 Å². The SMILES string of the molecule is COc1cc(O)c(SCC(=O)O)c(OC)c1O. The summed E-state index contributed by atoms with van der Waals surface area (Å²) in [4.78, 5) is 10.6. The number of aromatic hydroxyl groups is 2. The molecule has 0 radical (unpaired) electrons. The molecule has 1 aromatic rings. The number of rotatable bonds is 5. The van der Waals surface area contributed by atoms with Gasteiger partial charge in [0.15, 0.2) is 11.5 Å². The van der Waals surface area contributed by atoms with Crippen LogP contribution in [0.1, 0.15) is 0 Å². The molecule has 1 aromatic carbocycles. The molecule has 0 heterocycles. The second-order valence-corrected chi connectivity index (χ2v) is 3.98. The molecule has 0 aliphatic heterocycles. The number of phenols is 2. The van der Waals surface area contributed by atoms with Crippen molar-refractivity contribution in [3.8, 4) is 23.0 Å². The van der Waals surface area contributed by atoms with E-state index in [1.165, 1.54) is 20.3 Å². The Morgan fingerprint density at radius 2 is 2.00 bits per heavy atom. The molecule has 0 fully saturated rings. The number of phenolic OH excluding ortho intramolecular Hbond substituents is 2. The van der Waals surface area contributed by atoms with Crippen LogP contribution >= 0.6 is 11.8 Å². The van der Waals surface area contributed by atoms with E-state index in [0.717, 1.165) is 11.8 Å². The van der Waals surface area contributed by atoms with E-state index < -0.39 is 5.97 Å². The minimum absolute atomic E-state index is 0.00639. The predicted molar refractivity (Wildman–Crippen MR) is 61.2 cm³/mol. The van der Waals surface area contributed by atoms with E-state index >= 15 is 0 Å². The lowest BCUT2D eigenvalue weighted by Gasteiger charge is -2.13. The fourth-order valence-corrected chi connectivity index (χ4v) is 2.00. The summed E-state index contributed by atoms with van der Waals surface area (Å²) in [7, 11) is 2.64. The standard InChI is InChI=1S/C10H12O6S/c1-15-6-3-5(11)10(17-4-7(12)13)9(16-2)8(6)14/h3,11,14H,4H2,1-2H3,(H,12,13). The molecular weight excluding hydrogens is 248 g/mol. The number of carbonyl (C=O) groups is 1. The lowest BCUT2D eigenvalue weighted by molar-refractivity contribution is -0.133. The van der Waals surface area contributed by atoms with E-state index in [1.54, 1.807) is 0 Å². The monoisotopic (exact) mass is 260 g/mol. The number of hydrogen-bond donors (Lipinski definition) is 3. The van der Waals surface area contributed by atoms with Crippen LogP contribution in [-0.2, 0) is 4.79 Å². The molecule has 0 aliphatic carbocycles. The van der Waals surface area contributed by atoms with Gasteiger partial charge in [0.2, 0.25) is 5.75 Å². The molecule has 6 nitrogen and oxygen atoms in total. The van der Waals surface area contributed by atoms with Crippen molar-refractivity contribution in [2.75, 3.05) is 20.0 Å². The third-order valence-electron chi connectivity index (χ3n) is 1.92. The minimum atomic E-state index is -1.04. The van der Waals surface area contributed by atoms with E-state index in [-0.39, 0.29) is 33.6 Å². The zero-order valence-electron chi connectivity index (χ0n) is 9.26. The molecule has 0 amide bonds. The number of aliphatic carboxylic acids is 1. The van der Waals surface area contributed by atoms with Gasteiger partial charge in [-0.1, -0.05) is 0 Å². The molecule has 94 valence electrons. The summed E-state index contributed by atoms with van der Waals surface area (Å²) >= 11 is 0.850. The molecule has 0 unspecified atom stereocenters. The average molecular weight is 260 g/mol. The molecule has 7 heteroatoms. The molecule has 0 saturated heterocycles. The Morgan fingerprint density at radius 3 is 2.47 bits per heavy atom. The van der Waals surface area contributed by atoms with Crippen molar-refractivity contribution in [2.24, 2.45) is 0 Å². The number of carboxylic acid groups (broad SMARTS) is 1. The molecule has 1 rings (SSSR count). The number of carboxylic acids is 1. The Labute approximate surface area is 102 Å². The van der Waals surface area contributed by atoms with Gasteiger partial charge in [0, 0.05) is 6.07 Å². The molecular formula is C10H12O6S. The zero-order chi connectivity index (χ0) is 13.0. The number of ether oxygens (including phenoxy) is 2. The maximum absolute atomic E-state index is 10.5. The van der Waals surface area contributed by atoms with Gasteiger partial charge in [-0.25, -0.2) is 0 Å². The first-order valence-corrected chi connectivity index (χ1v) is 5.51. The second kappa shape index (κ2) is 5.53. The van der Waals surface area contributed by atoms with E-state index in [1.807, 2.05) is 0 Å². The molecule has 0 spiro atoms. The van der Waals surface area contributed by atoms with Gasteiger partial charge in [0.05, 0.1) is 24.9 Å². The summed E-state index contributed by atoms with van der Waals surface area (Å²) in [6.07, 6.45) is 0. The van der Waals surface area contributed by atoms with Crippen molar-refractivity contribution >= 4 is 17.7 Å². The first-order valence-electron chi connectivity index (χ1n) is 4.52. The number of benzene rings is 1. The normalized spacial score (nSPS) is 10.0. The van der Waals surface area contributed by atoms with Crippen LogP contribution in [0.4, 0.5) is 0 Å².